The van der Waals surface area contributed by atoms with Gasteiger partial charge in [-0.2, -0.15) is 13.9 Å². The predicted molar refractivity (Wildman–Crippen MR) is 112 cm³/mol. The second-order valence-corrected chi connectivity index (χ2v) is 8.09. The maximum absolute atomic E-state index is 12.6. The summed E-state index contributed by atoms with van der Waals surface area (Å²) in [6.07, 6.45) is 1.53. The third-order valence-corrected chi connectivity index (χ3v) is 6.23. The highest BCUT2D eigenvalue weighted by atomic mass is 32.2. The van der Waals surface area contributed by atoms with E-state index in [-0.39, 0.29) is 22.0 Å². The van der Waals surface area contributed by atoms with Crippen molar-refractivity contribution in [2.75, 3.05) is 46.5 Å². The summed E-state index contributed by atoms with van der Waals surface area (Å²) in [6.45, 7) is 3.75. The summed E-state index contributed by atoms with van der Waals surface area (Å²) in [7, 11) is 1.40. The highest BCUT2D eigenvalue weighted by Gasteiger charge is 2.30. The molecule has 166 valence electrons. The summed E-state index contributed by atoms with van der Waals surface area (Å²) in [5.41, 5.74) is 1.45. The van der Waals surface area contributed by atoms with Crippen molar-refractivity contribution in [3.63, 3.8) is 0 Å². The molecular weight excluding hydrogens is 416 g/mol. The molecule has 0 N–H and O–H groups in total. The number of benzene rings is 1. The molecule has 1 saturated heterocycles. The van der Waals surface area contributed by atoms with Crippen LogP contribution in [0.1, 0.15) is 25.3 Å². The Morgan fingerprint density at radius 1 is 1.27 bits per heavy atom. The van der Waals surface area contributed by atoms with Crippen molar-refractivity contribution in [2.45, 2.75) is 31.6 Å². The molecule has 0 saturated carbocycles. The molecule has 2 aliphatic rings. The minimum atomic E-state index is -2.93. The Kier molecular flexibility index (Phi) is 8.29. The van der Waals surface area contributed by atoms with Crippen LogP contribution < -0.4 is 9.47 Å². The van der Waals surface area contributed by atoms with E-state index in [0.717, 1.165) is 50.5 Å². The normalized spacial score (nSPS) is 20.4. The molecule has 7 nitrogen and oxygen atoms in total. The van der Waals surface area contributed by atoms with Crippen LogP contribution in [0.5, 0.6) is 11.5 Å². The Morgan fingerprint density at radius 2 is 2.03 bits per heavy atom. The zero-order valence-corrected chi connectivity index (χ0v) is 18.0. The van der Waals surface area contributed by atoms with Gasteiger partial charge in [-0.3, -0.25) is 9.69 Å². The number of carbonyl (C=O) groups is 1. The number of amides is 1. The minimum absolute atomic E-state index is 0.0354. The fourth-order valence-electron chi connectivity index (χ4n) is 3.42. The average molecular weight is 444 g/mol. The fraction of sp³-hybridized carbons (Fsp3) is 0.600. The van der Waals surface area contributed by atoms with E-state index >= 15 is 0 Å². The molecule has 1 unspecified atom stereocenters. The Labute approximate surface area is 179 Å². The first-order valence-corrected chi connectivity index (χ1v) is 10.9. The van der Waals surface area contributed by atoms with E-state index in [4.69, 9.17) is 9.47 Å². The van der Waals surface area contributed by atoms with E-state index in [2.05, 4.69) is 14.7 Å². The third kappa shape index (κ3) is 5.83. The van der Waals surface area contributed by atoms with E-state index in [1.807, 2.05) is 6.92 Å². The predicted octanol–water partition coefficient (Wildman–Crippen LogP) is 3.67. The third-order valence-electron chi connectivity index (χ3n) is 4.98. The molecular formula is C20H27F2N3O4S. The van der Waals surface area contributed by atoms with Gasteiger partial charge in [-0.15, -0.1) is 0 Å². The lowest BCUT2D eigenvalue weighted by atomic mass is 10.0. The maximum atomic E-state index is 12.6. The molecule has 2 aliphatic heterocycles. The molecule has 10 heteroatoms. The number of alkyl halides is 2. The molecule has 0 aromatic heterocycles. The summed E-state index contributed by atoms with van der Waals surface area (Å²) in [4.78, 5) is 14.9. The van der Waals surface area contributed by atoms with Gasteiger partial charge in [0.2, 0.25) is 0 Å². The van der Waals surface area contributed by atoms with Crippen molar-refractivity contribution >= 4 is 22.7 Å². The first-order valence-electron chi connectivity index (χ1n) is 10.0. The minimum Gasteiger partial charge on any atom is -0.493 e. The largest absolute Gasteiger partial charge is 0.493 e. The molecule has 0 bridgehead atoms. The standard InChI is InChI=1S/C20H27F2N3O4S/c1-3-17-18(14-5-6-15(29-19(21)22)16(13-14)27-2)23-25(20(26)30-17)8-4-7-24-9-11-28-12-10-24/h5-6,13,17,19H,3-4,7-12H2,1-2H3. The van der Waals surface area contributed by atoms with Crippen molar-refractivity contribution in [1.29, 1.82) is 0 Å². The van der Waals surface area contributed by atoms with Crippen LogP contribution in [0.3, 0.4) is 0 Å². The highest BCUT2D eigenvalue weighted by molar-refractivity contribution is 8.14. The van der Waals surface area contributed by atoms with Crippen molar-refractivity contribution in [2.24, 2.45) is 5.10 Å². The molecule has 1 aromatic rings. The summed E-state index contributed by atoms with van der Waals surface area (Å²) in [5, 5.41) is 5.94. The van der Waals surface area contributed by atoms with E-state index < -0.39 is 6.61 Å². The SMILES string of the molecule is CCC1SC(=O)N(CCCN2CCOCC2)N=C1c1ccc(OC(F)F)c(OC)c1. The number of carbonyl (C=O) groups excluding carboxylic acids is 1. The summed E-state index contributed by atoms with van der Waals surface area (Å²) >= 11 is 1.24. The van der Waals surface area contributed by atoms with E-state index in [0.29, 0.717) is 13.0 Å². The molecule has 3 rings (SSSR count). The van der Waals surface area contributed by atoms with Crippen LogP contribution in [0.25, 0.3) is 0 Å². The zero-order valence-electron chi connectivity index (χ0n) is 17.2. The molecule has 0 spiro atoms. The first-order chi connectivity index (χ1) is 14.5. The van der Waals surface area contributed by atoms with E-state index in [9.17, 15) is 13.6 Å². The molecule has 1 aromatic carbocycles. The maximum Gasteiger partial charge on any atom is 0.387 e. The second kappa shape index (κ2) is 10.9. The lowest BCUT2D eigenvalue weighted by molar-refractivity contribution is -0.0512. The van der Waals surface area contributed by atoms with Crippen LogP contribution >= 0.6 is 11.8 Å². The summed E-state index contributed by atoms with van der Waals surface area (Å²) in [5.74, 6) is 0.165. The van der Waals surface area contributed by atoms with E-state index in [1.54, 1.807) is 12.1 Å². The number of hydrogen-bond acceptors (Lipinski definition) is 7. The van der Waals surface area contributed by atoms with Gasteiger partial charge >= 0.3 is 11.9 Å². The van der Waals surface area contributed by atoms with Crippen LogP contribution in [0, 0.1) is 0 Å². The molecule has 1 atom stereocenters. The molecule has 1 amide bonds. The molecule has 1 fully saturated rings. The van der Waals surface area contributed by atoms with Gasteiger partial charge in [-0.1, -0.05) is 18.7 Å². The Hall–Kier alpha value is -1.91. The summed E-state index contributed by atoms with van der Waals surface area (Å²) < 4.78 is 40.3. The number of hydrogen-bond donors (Lipinski definition) is 0. The topological polar surface area (TPSA) is 63.6 Å². The number of thioether (sulfide) groups is 1. The Bertz CT molecular complexity index is 760. The van der Waals surface area contributed by atoms with Gasteiger partial charge in [0.05, 0.1) is 31.3 Å². The van der Waals surface area contributed by atoms with Gasteiger partial charge in [-0.25, -0.2) is 5.01 Å². The zero-order chi connectivity index (χ0) is 21.5. The van der Waals surface area contributed by atoms with E-state index in [1.165, 1.54) is 29.9 Å². The molecule has 30 heavy (non-hydrogen) atoms. The lowest BCUT2D eigenvalue weighted by Gasteiger charge is -2.30. The van der Waals surface area contributed by atoms with Gasteiger partial charge < -0.3 is 14.2 Å². The number of rotatable bonds is 9. The summed E-state index contributed by atoms with van der Waals surface area (Å²) in [6, 6.07) is 4.74. The number of ether oxygens (including phenoxy) is 3. The van der Waals surface area contributed by atoms with Crippen molar-refractivity contribution in [3.05, 3.63) is 23.8 Å². The number of hydrazone groups is 1. The molecule has 2 heterocycles. The first kappa shape index (κ1) is 22.8. The Balaban J connectivity index is 1.74. The van der Waals surface area contributed by atoms with Gasteiger partial charge in [-0.05, 0) is 31.0 Å². The second-order valence-electron chi connectivity index (χ2n) is 6.94. The highest BCUT2D eigenvalue weighted by Crippen LogP contribution is 2.34. The smallest absolute Gasteiger partial charge is 0.387 e. The number of nitrogens with zero attached hydrogens (tertiary/aromatic N) is 3. The van der Waals surface area contributed by atoms with Gasteiger partial charge in [0.1, 0.15) is 0 Å². The fourth-order valence-corrected chi connectivity index (χ4v) is 4.38. The van der Waals surface area contributed by atoms with Gasteiger partial charge in [0.15, 0.2) is 11.5 Å². The quantitative estimate of drug-likeness (QED) is 0.580. The van der Waals surface area contributed by atoms with Gasteiger partial charge in [0.25, 0.3) is 0 Å². The van der Waals surface area contributed by atoms with Crippen molar-refractivity contribution in [3.8, 4) is 11.5 Å². The number of methoxy groups -OCH3 is 1. The van der Waals surface area contributed by atoms with Crippen molar-refractivity contribution in [1.82, 2.24) is 9.91 Å². The Morgan fingerprint density at radius 3 is 2.70 bits per heavy atom. The average Bonchev–Trinajstić information content (AvgIpc) is 2.75. The monoisotopic (exact) mass is 443 g/mol. The lowest BCUT2D eigenvalue weighted by Crippen LogP contribution is -2.39. The van der Waals surface area contributed by atoms with Crippen LogP contribution in [-0.4, -0.2) is 79.2 Å². The van der Waals surface area contributed by atoms with Crippen molar-refractivity contribution < 1.29 is 27.8 Å². The van der Waals surface area contributed by atoms with Crippen LogP contribution in [0.15, 0.2) is 23.3 Å². The van der Waals surface area contributed by atoms with Crippen LogP contribution in [-0.2, 0) is 4.74 Å². The molecule has 0 aliphatic carbocycles. The van der Waals surface area contributed by atoms with Gasteiger partial charge in [0, 0.05) is 31.7 Å². The number of halogens is 2. The van der Waals surface area contributed by atoms with Crippen LogP contribution in [0.4, 0.5) is 13.6 Å². The van der Waals surface area contributed by atoms with Crippen LogP contribution in [0.2, 0.25) is 0 Å². The molecule has 0 radical (unpaired) electrons. The number of morpholine rings is 1.